The molecule has 0 radical (unpaired) electrons. The van der Waals surface area contributed by atoms with Crippen molar-refractivity contribution < 1.29 is 28.7 Å². The summed E-state index contributed by atoms with van der Waals surface area (Å²) in [4.78, 5) is 69.6. The van der Waals surface area contributed by atoms with Gasteiger partial charge in [0, 0.05) is 19.5 Å². The monoisotopic (exact) mass is 656 g/mol. The minimum atomic E-state index is -0.994. The van der Waals surface area contributed by atoms with E-state index in [2.05, 4.69) is 31.5 Å². The standard InChI is InChI=1S/C35H56N6O6/c1-22(2)20-27-34(45)40-31(24(5)6)35(46)39-28(23(3)4)21-47-29-13-9-8-12-25(29)32(43)38-26(14-15-30(42)37-27)33(44)36-16-19-41-17-10-7-11-18-41/h8-9,12-13,22-24,26-28,31H,7,10-11,14-21H2,1-6H3,(H,36,44)(H,37,42)(H,38,43)(H,39,46)(H,40,45)/t26-,27+,28-,31-/m0/s1. The lowest BCUT2D eigenvalue weighted by molar-refractivity contribution is -0.133. The quantitative estimate of drug-likeness (QED) is 0.288. The van der Waals surface area contributed by atoms with Crippen LogP contribution in [0.15, 0.2) is 24.3 Å². The van der Waals surface area contributed by atoms with Gasteiger partial charge in [0.25, 0.3) is 5.91 Å². The molecule has 4 atom stereocenters. The van der Waals surface area contributed by atoms with E-state index in [-0.39, 0.29) is 54.6 Å². The zero-order valence-corrected chi connectivity index (χ0v) is 29.0. The first-order chi connectivity index (χ1) is 22.3. The summed E-state index contributed by atoms with van der Waals surface area (Å²) < 4.78 is 6.12. The van der Waals surface area contributed by atoms with Gasteiger partial charge in [-0.3, -0.25) is 24.0 Å². The molecule has 12 nitrogen and oxygen atoms in total. The molecule has 1 aromatic carbocycles. The Morgan fingerprint density at radius 2 is 1.60 bits per heavy atom. The lowest BCUT2D eigenvalue weighted by Gasteiger charge is -2.29. The van der Waals surface area contributed by atoms with Gasteiger partial charge < -0.3 is 36.2 Å². The van der Waals surface area contributed by atoms with E-state index in [1.54, 1.807) is 24.3 Å². The number of para-hydroxylation sites is 1. The predicted octanol–water partition coefficient (Wildman–Crippen LogP) is 2.37. The number of hydrogen-bond acceptors (Lipinski definition) is 7. The molecule has 1 fully saturated rings. The number of nitrogens with zero attached hydrogens (tertiary/aromatic N) is 1. The number of carbonyl (C=O) groups excluding carboxylic acids is 5. The molecular weight excluding hydrogens is 600 g/mol. The third-order valence-corrected chi connectivity index (χ3v) is 8.75. The first-order valence-electron chi connectivity index (χ1n) is 17.3. The third kappa shape index (κ3) is 12.1. The number of benzene rings is 1. The molecule has 47 heavy (non-hydrogen) atoms. The number of likely N-dealkylation sites (tertiary alicyclic amines) is 1. The first-order valence-corrected chi connectivity index (χ1v) is 17.3. The molecule has 5 N–H and O–H groups in total. The highest BCUT2D eigenvalue weighted by molar-refractivity contribution is 6.00. The number of amides is 5. The number of fused-ring (bicyclic) bond motifs is 1. The summed E-state index contributed by atoms with van der Waals surface area (Å²) in [7, 11) is 0. The highest BCUT2D eigenvalue weighted by atomic mass is 16.5. The summed E-state index contributed by atoms with van der Waals surface area (Å²) in [6.45, 7) is 14.7. The molecule has 2 heterocycles. The van der Waals surface area contributed by atoms with Crippen LogP contribution in [-0.2, 0) is 19.2 Å². The van der Waals surface area contributed by atoms with Gasteiger partial charge in [-0.1, -0.05) is 60.1 Å². The van der Waals surface area contributed by atoms with Crippen LogP contribution in [0.25, 0.3) is 0 Å². The Morgan fingerprint density at radius 1 is 0.894 bits per heavy atom. The molecule has 2 aliphatic rings. The first kappa shape index (κ1) is 37.8. The van der Waals surface area contributed by atoms with Crippen molar-refractivity contribution in [3.05, 3.63) is 29.8 Å². The number of carbonyl (C=O) groups is 5. The van der Waals surface area contributed by atoms with Crippen molar-refractivity contribution in [1.82, 2.24) is 31.5 Å². The molecule has 0 unspecified atom stereocenters. The van der Waals surface area contributed by atoms with Crippen molar-refractivity contribution in [2.75, 3.05) is 32.8 Å². The molecule has 3 rings (SSSR count). The number of piperidine rings is 1. The second kappa shape index (κ2) is 18.6. The van der Waals surface area contributed by atoms with E-state index < -0.39 is 41.9 Å². The largest absolute Gasteiger partial charge is 0.491 e. The minimum Gasteiger partial charge on any atom is -0.491 e. The van der Waals surface area contributed by atoms with Crippen LogP contribution >= 0.6 is 0 Å². The van der Waals surface area contributed by atoms with E-state index in [4.69, 9.17) is 4.74 Å². The van der Waals surface area contributed by atoms with Crippen molar-refractivity contribution >= 4 is 29.5 Å². The van der Waals surface area contributed by atoms with Crippen LogP contribution in [0.1, 0.15) is 90.4 Å². The fourth-order valence-electron chi connectivity index (χ4n) is 5.81. The molecule has 0 aromatic heterocycles. The molecular formula is C35H56N6O6. The molecule has 0 bridgehead atoms. The smallest absolute Gasteiger partial charge is 0.255 e. The molecule has 12 heteroatoms. The normalized spacial score (nSPS) is 24.3. The average molecular weight is 657 g/mol. The fraction of sp³-hybridized carbons (Fsp3) is 0.686. The van der Waals surface area contributed by atoms with Crippen LogP contribution in [0, 0.1) is 17.8 Å². The highest BCUT2D eigenvalue weighted by Crippen LogP contribution is 2.20. The van der Waals surface area contributed by atoms with Gasteiger partial charge in [-0.25, -0.2) is 0 Å². The topological polar surface area (TPSA) is 158 Å². The van der Waals surface area contributed by atoms with Crippen LogP contribution in [0.4, 0.5) is 0 Å². The van der Waals surface area contributed by atoms with Crippen LogP contribution in [0.2, 0.25) is 0 Å². The Balaban J connectivity index is 1.89. The predicted molar refractivity (Wildman–Crippen MR) is 181 cm³/mol. The number of nitrogens with one attached hydrogen (secondary N) is 5. The van der Waals surface area contributed by atoms with Crippen molar-refractivity contribution in [1.29, 1.82) is 0 Å². The van der Waals surface area contributed by atoms with Gasteiger partial charge in [0.2, 0.25) is 23.6 Å². The van der Waals surface area contributed by atoms with E-state index in [9.17, 15) is 24.0 Å². The van der Waals surface area contributed by atoms with Gasteiger partial charge in [-0.15, -0.1) is 0 Å². The number of ether oxygens (including phenoxy) is 1. The van der Waals surface area contributed by atoms with Gasteiger partial charge in [0.15, 0.2) is 0 Å². The zero-order chi connectivity index (χ0) is 34.5. The van der Waals surface area contributed by atoms with Crippen LogP contribution in [0.3, 0.4) is 0 Å². The van der Waals surface area contributed by atoms with E-state index in [0.29, 0.717) is 25.3 Å². The summed E-state index contributed by atoms with van der Waals surface area (Å²) in [6.07, 6.45) is 3.78. The Bertz CT molecular complexity index is 1210. The van der Waals surface area contributed by atoms with Gasteiger partial charge in [-0.05, 0) is 68.7 Å². The Kier molecular flexibility index (Phi) is 15.0. The summed E-state index contributed by atoms with van der Waals surface area (Å²) in [5.74, 6) is -2.00. The van der Waals surface area contributed by atoms with E-state index >= 15 is 0 Å². The molecule has 1 saturated heterocycles. The lowest BCUT2D eigenvalue weighted by atomic mass is 9.98. The maximum Gasteiger partial charge on any atom is 0.255 e. The summed E-state index contributed by atoms with van der Waals surface area (Å²) >= 11 is 0. The van der Waals surface area contributed by atoms with Gasteiger partial charge >= 0.3 is 0 Å². The summed E-state index contributed by atoms with van der Waals surface area (Å²) in [6, 6.07) is 3.59. The van der Waals surface area contributed by atoms with Gasteiger partial charge in [-0.2, -0.15) is 0 Å². The average Bonchev–Trinajstić information content (AvgIpc) is 3.02. The van der Waals surface area contributed by atoms with E-state index in [1.807, 2.05) is 41.5 Å². The van der Waals surface area contributed by atoms with Crippen molar-refractivity contribution in [2.24, 2.45) is 17.8 Å². The van der Waals surface area contributed by atoms with Crippen LogP contribution in [0.5, 0.6) is 5.75 Å². The minimum absolute atomic E-state index is 0.0264. The second-order valence-corrected chi connectivity index (χ2v) is 13.9. The Labute approximate surface area is 279 Å². The number of rotatable bonds is 8. The van der Waals surface area contributed by atoms with E-state index in [0.717, 1.165) is 25.9 Å². The lowest BCUT2D eigenvalue weighted by Crippen LogP contribution is -2.58. The maximum atomic E-state index is 13.6. The van der Waals surface area contributed by atoms with Crippen molar-refractivity contribution in [3.63, 3.8) is 0 Å². The SMILES string of the molecule is CC(C)C[C@H]1NC(=O)CC[C@@H](C(=O)NCCN2CCCCC2)NC(=O)c2ccccc2OC[C@@H](C(C)C)NC(=O)[C@H](C(C)C)NC1=O. The highest BCUT2D eigenvalue weighted by Gasteiger charge is 2.32. The molecule has 0 aliphatic carbocycles. The van der Waals surface area contributed by atoms with Gasteiger partial charge in [0.05, 0.1) is 11.6 Å². The van der Waals surface area contributed by atoms with E-state index in [1.165, 1.54) is 6.42 Å². The van der Waals surface area contributed by atoms with Crippen molar-refractivity contribution in [3.8, 4) is 5.75 Å². The summed E-state index contributed by atoms with van der Waals surface area (Å²) in [5, 5.41) is 14.5. The molecule has 0 spiro atoms. The van der Waals surface area contributed by atoms with Gasteiger partial charge in [0.1, 0.15) is 30.5 Å². The van der Waals surface area contributed by atoms with Crippen LogP contribution < -0.4 is 31.3 Å². The Morgan fingerprint density at radius 3 is 2.26 bits per heavy atom. The van der Waals surface area contributed by atoms with Crippen molar-refractivity contribution in [2.45, 2.75) is 104 Å². The molecule has 2 aliphatic heterocycles. The molecule has 5 amide bonds. The maximum absolute atomic E-state index is 13.6. The second-order valence-electron chi connectivity index (χ2n) is 13.9. The summed E-state index contributed by atoms with van der Waals surface area (Å²) in [5.41, 5.74) is 0.238. The molecule has 0 saturated carbocycles. The fourth-order valence-corrected chi connectivity index (χ4v) is 5.81. The Hall–Kier alpha value is -3.67. The number of hydrogen-bond donors (Lipinski definition) is 5. The zero-order valence-electron chi connectivity index (χ0n) is 29.0. The molecule has 262 valence electrons. The molecule has 1 aromatic rings. The third-order valence-electron chi connectivity index (χ3n) is 8.75. The van der Waals surface area contributed by atoms with Crippen LogP contribution in [-0.4, -0.2) is 91.4 Å².